The fourth-order valence-corrected chi connectivity index (χ4v) is 2.07. The van der Waals surface area contributed by atoms with Crippen molar-refractivity contribution in [2.24, 2.45) is 11.7 Å². The van der Waals surface area contributed by atoms with Crippen molar-refractivity contribution in [1.29, 1.82) is 0 Å². The third kappa shape index (κ3) is 5.59. The average Bonchev–Trinajstić information content (AvgIpc) is 2.50. The number of benzene rings is 1. The Balaban J connectivity index is 0.00000484. The van der Waals surface area contributed by atoms with Gasteiger partial charge in [0.1, 0.15) is 0 Å². The maximum absolute atomic E-state index is 12.1. The first kappa shape index (κ1) is 21.5. The molecule has 0 saturated heterocycles. The van der Waals surface area contributed by atoms with E-state index in [-0.39, 0.29) is 35.7 Å². The van der Waals surface area contributed by atoms with Crippen LogP contribution in [0.2, 0.25) is 0 Å². The number of carbonyl (C=O) groups excluding carboxylic acids is 1. The molecule has 1 aromatic carbocycles. The molecule has 6 heteroatoms. The van der Waals surface area contributed by atoms with Gasteiger partial charge in [-0.1, -0.05) is 26.8 Å². The SMILES string of the molecule is COc1ccc(C(C)(C)CNC(=O)C(C)C(C)N)cc1OC.Cl. The molecule has 23 heavy (non-hydrogen) atoms. The van der Waals surface area contributed by atoms with Crippen LogP contribution >= 0.6 is 12.4 Å². The summed E-state index contributed by atoms with van der Waals surface area (Å²) in [5.74, 6) is 1.14. The molecule has 1 aromatic rings. The molecule has 0 aliphatic carbocycles. The number of amides is 1. The van der Waals surface area contributed by atoms with Gasteiger partial charge in [0.05, 0.1) is 14.2 Å². The molecule has 1 amide bonds. The van der Waals surface area contributed by atoms with Crippen molar-refractivity contribution in [3.63, 3.8) is 0 Å². The lowest BCUT2D eigenvalue weighted by Crippen LogP contribution is -2.43. The Kier molecular flexibility index (Phi) is 8.42. The minimum atomic E-state index is -0.229. The van der Waals surface area contributed by atoms with Crippen LogP contribution in [0.4, 0.5) is 0 Å². The van der Waals surface area contributed by atoms with E-state index in [1.165, 1.54) is 0 Å². The van der Waals surface area contributed by atoms with Crippen LogP contribution in [-0.2, 0) is 10.2 Å². The number of rotatable bonds is 7. The second-order valence-electron chi connectivity index (χ2n) is 6.32. The summed E-state index contributed by atoms with van der Waals surface area (Å²) >= 11 is 0. The van der Waals surface area contributed by atoms with E-state index >= 15 is 0 Å². The highest BCUT2D eigenvalue weighted by Crippen LogP contribution is 2.32. The van der Waals surface area contributed by atoms with Crippen LogP contribution in [0.15, 0.2) is 18.2 Å². The molecule has 0 spiro atoms. The van der Waals surface area contributed by atoms with E-state index in [0.717, 1.165) is 5.56 Å². The van der Waals surface area contributed by atoms with Gasteiger partial charge in [-0.05, 0) is 24.6 Å². The van der Waals surface area contributed by atoms with Gasteiger partial charge in [0.25, 0.3) is 0 Å². The van der Waals surface area contributed by atoms with Gasteiger partial charge in [-0.3, -0.25) is 4.79 Å². The molecular weight excluding hydrogens is 316 g/mol. The lowest BCUT2D eigenvalue weighted by molar-refractivity contribution is -0.125. The maximum Gasteiger partial charge on any atom is 0.224 e. The topological polar surface area (TPSA) is 73.6 Å². The molecule has 0 aliphatic heterocycles. The predicted octanol–water partition coefficient (Wildman–Crippen LogP) is 2.50. The quantitative estimate of drug-likeness (QED) is 0.797. The smallest absolute Gasteiger partial charge is 0.224 e. The van der Waals surface area contributed by atoms with Crippen molar-refractivity contribution >= 4 is 18.3 Å². The number of methoxy groups -OCH3 is 2. The van der Waals surface area contributed by atoms with Crippen molar-refractivity contribution in [2.45, 2.75) is 39.2 Å². The standard InChI is InChI=1S/C17H28N2O3.ClH/c1-11(12(2)18)16(20)19-10-17(3,4)13-7-8-14(21-5)15(9-13)22-6;/h7-9,11-12H,10,18H2,1-6H3,(H,19,20);1H. The number of ether oxygens (including phenoxy) is 2. The Morgan fingerprint density at radius 1 is 1.22 bits per heavy atom. The molecule has 0 bridgehead atoms. The highest BCUT2D eigenvalue weighted by atomic mass is 35.5. The number of carbonyl (C=O) groups is 1. The Bertz CT molecular complexity index is 519. The molecule has 132 valence electrons. The molecule has 1 rings (SSSR count). The Labute approximate surface area is 145 Å². The van der Waals surface area contributed by atoms with Crippen molar-refractivity contribution in [1.82, 2.24) is 5.32 Å². The second-order valence-corrected chi connectivity index (χ2v) is 6.32. The van der Waals surface area contributed by atoms with E-state index < -0.39 is 0 Å². The first-order chi connectivity index (χ1) is 10.2. The van der Waals surface area contributed by atoms with E-state index in [4.69, 9.17) is 15.2 Å². The summed E-state index contributed by atoms with van der Waals surface area (Å²) in [4.78, 5) is 12.1. The van der Waals surface area contributed by atoms with Gasteiger partial charge in [0, 0.05) is 23.9 Å². The number of hydrogen-bond acceptors (Lipinski definition) is 4. The van der Waals surface area contributed by atoms with Crippen molar-refractivity contribution < 1.29 is 14.3 Å². The number of halogens is 1. The Hall–Kier alpha value is -1.46. The molecule has 3 N–H and O–H groups in total. The Morgan fingerprint density at radius 2 is 1.78 bits per heavy atom. The normalized spacial score (nSPS) is 13.5. The van der Waals surface area contributed by atoms with E-state index in [2.05, 4.69) is 19.2 Å². The van der Waals surface area contributed by atoms with Crippen LogP contribution in [-0.4, -0.2) is 32.7 Å². The minimum absolute atomic E-state index is 0. The van der Waals surface area contributed by atoms with E-state index in [1.54, 1.807) is 14.2 Å². The molecule has 0 saturated carbocycles. The van der Waals surface area contributed by atoms with Gasteiger partial charge in [-0.15, -0.1) is 12.4 Å². The molecule has 0 aromatic heterocycles. The van der Waals surface area contributed by atoms with Gasteiger partial charge < -0.3 is 20.5 Å². The Morgan fingerprint density at radius 3 is 2.26 bits per heavy atom. The van der Waals surface area contributed by atoms with Crippen LogP contribution < -0.4 is 20.5 Å². The van der Waals surface area contributed by atoms with Gasteiger partial charge in [-0.25, -0.2) is 0 Å². The van der Waals surface area contributed by atoms with E-state index in [9.17, 15) is 4.79 Å². The lowest BCUT2D eigenvalue weighted by Gasteiger charge is -2.27. The van der Waals surface area contributed by atoms with Crippen LogP contribution in [0.3, 0.4) is 0 Å². The first-order valence-corrected chi connectivity index (χ1v) is 7.48. The van der Waals surface area contributed by atoms with Crippen molar-refractivity contribution in [3.8, 4) is 11.5 Å². The lowest BCUT2D eigenvalue weighted by atomic mass is 9.84. The molecule has 0 radical (unpaired) electrons. The first-order valence-electron chi connectivity index (χ1n) is 7.48. The second kappa shape index (κ2) is 8.99. The third-order valence-electron chi connectivity index (χ3n) is 4.07. The zero-order chi connectivity index (χ0) is 16.9. The van der Waals surface area contributed by atoms with Gasteiger partial charge in [0.15, 0.2) is 11.5 Å². The molecule has 0 fully saturated rings. The zero-order valence-corrected chi connectivity index (χ0v) is 15.6. The highest BCUT2D eigenvalue weighted by molar-refractivity contribution is 5.85. The fraction of sp³-hybridized carbons (Fsp3) is 0.588. The van der Waals surface area contributed by atoms with Gasteiger partial charge in [-0.2, -0.15) is 0 Å². The molecule has 0 heterocycles. The molecule has 0 aliphatic rings. The predicted molar refractivity (Wildman–Crippen MR) is 95.6 cm³/mol. The van der Waals surface area contributed by atoms with Gasteiger partial charge in [0.2, 0.25) is 5.91 Å². The summed E-state index contributed by atoms with van der Waals surface area (Å²) in [5.41, 5.74) is 6.60. The summed E-state index contributed by atoms with van der Waals surface area (Å²) in [7, 11) is 3.22. The monoisotopic (exact) mass is 344 g/mol. The largest absolute Gasteiger partial charge is 0.493 e. The van der Waals surface area contributed by atoms with Gasteiger partial charge >= 0.3 is 0 Å². The highest BCUT2D eigenvalue weighted by Gasteiger charge is 2.25. The van der Waals surface area contributed by atoms with E-state index in [0.29, 0.717) is 18.0 Å². The number of hydrogen-bond donors (Lipinski definition) is 2. The zero-order valence-electron chi connectivity index (χ0n) is 14.8. The maximum atomic E-state index is 12.1. The van der Waals surface area contributed by atoms with Crippen molar-refractivity contribution in [3.05, 3.63) is 23.8 Å². The van der Waals surface area contributed by atoms with E-state index in [1.807, 2.05) is 32.0 Å². The summed E-state index contributed by atoms with van der Waals surface area (Å²) in [6.07, 6.45) is 0. The summed E-state index contributed by atoms with van der Waals surface area (Å²) in [6, 6.07) is 5.65. The summed E-state index contributed by atoms with van der Waals surface area (Å²) in [6.45, 7) is 8.35. The number of nitrogens with one attached hydrogen (secondary N) is 1. The van der Waals surface area contributed by atoms with Crippen molar-refractivity contribution in [2.75, 3.05) is 20.8 Å². The third-order valence-corrected chi connectivity index (χ3v) is 4.07. The summed E-state index contributed by atoms with van der Waals surface area (Å²) in [5, 5.41) is 2.98. The summed E-state index contributed by atoms with van der Waals surface area (Å²) < 4.78 is 10.6. The average molecular weight is 345 g/mol. The molecular formula is C17H29ClN2O3. The van der Waals surface area contributed by atoms with Crippen LogP contribution in [0.5, 0.6) is 11.5 Å². The van der Waals surface area contributed by atoms with Crippen LogP contribution in [0, 0.1) is 5.92 Å². The number of nitrogens with two attached hydrogens (primary N) is 1. The molecule has 2 unspecified atom stereocenters. The van der Waals surface area contributed by atoms with Crippen LogP contribution in [0.25, 0.3) is 0 Å². The fourth-order valence-electron chi connectivity index (χ4n) is 2.07. The molecule has 5 nitrogen and oxygen atoms in total. The minimum Gasteiger partial charge on any atom is -0.493 e. The van der Waals surface area contributed by atoms with Crippen LogP contribution in [0.1, 0.15) is 33.3 Å². The molecule has 2 atom stereocenters.